The maximum Gasteiger partial charge on any atom is 0.267 e. The van der Waals surface area contributed by atoms with Gasteiger partial charge in [-0.25, -0.2) is 0 Å². The lowest BCUT2D eigenvalue weighted by molar-refractivity contribution is -0.130. The molecule has 0 fully saturated rings. The summed E-state index contributed by atoms with van der Waals surface area (Å²) >= 11 is 0. The van der Waals surface area contributed by atoms with Crippen LogP contribution in [0.3, 0.4) is 0 Å². The minimum atomic E-state index is -4.46. The molecule has 3 unspecified atom stereocenters. The minimum Gasteiger partial charge on any atom is -0.387 e. The molecule has 1 amide bonds. The van der Waals surface area contributed by atoms with E-state index in [2.05, 4.69) is 55.6 Å². The van der Waals surface area contributed by atoms with Crippen LogP contribution in [-0.2, 0) is 14.9 Å². The number of rotatable bonds is 34. The Morgan fingerprint density at radius 3 is 1.40 bits per heavy atom. The fraction of sp³-hybridized carbons (Fsp3) is 0.775. The van der Waals surface area contributed by atoms with Crippen molar-refractivity contribution in [1.82, 2.24) is 5.32 Å². The lowest BCUT2D eigenvalue weighted by Gasteiger charge is -2.22. The number of aliphatic hydroxyl groups excluding tert-OH is 2. The van der Waals surface area contributed by atoms with Gasteiger partial charge in [-0.05, 0) is 70.6 Å². The Balaban J connectivity index is 4.16. The highest BCUT2D eigenvalue weighted by Gasteiger charge is 2.27. The van der Waals surface area contributed by atoms with Crippen LogP contribution in [0.4, 0.5) is 0 Å². The zero-order chi connectivity index (χ0) is 35.6. The van der Waals surface area contributed by atoms with E-state index in [-0.39, 0.29) is 6.42 Å². The Kier molecular flexibility index (Phi) is 32.5. The molecule has 0 heterocycles. The number of hydrogen-bond donors (Lipinski definition) is 4. The topological polar surface area (TPSA) is 124 Å². The van der Waals surface area contributed by atoms with Gasteiger partial charge in [0.25, 0.3) is 10.1 Å². The molecule has 0 aliphatic rings. The van der Waals surface area contributed by atoms with Crippen LogP contribution in [0.25, 0.3) is 0 Å². The average Bonchev–Trinajstić information content (AvgIpc) is 3.05. The molecular weight excluding hydrogens is 623 g/mol. The molecule has 0 rings (SSSR count). The molecule has 8 heteroatoms. The van der Waals surface area contributed by atoms with Crippen LogP contribution in [0.15, 0.2) is 48.6 Å². The van der Waals surface area contributed by atoms with Crippen LogP contribution in [-0.4, -0.2) is 53.1 Å². The summed E-state index contributed by atoms with van der Waals surface area (Å²) in [7, 11) is -4.46. The predicted octanol–water partition coefficient (Wildman–Crippen LogP) is 10.1. The number of aliphatic hydroxyl groups is 2. The molecule has 7 nitrogen and oxygen atoms in total. The van der Waals surface area contributed by atoms with Crippen LogP contribution in [0.2, 0.25) is 0 Å². The van der Waals surface area contributed by atoms with Crippen molar-refractivity contribution in [3.63, 3.8) is 0 Å². The third-order valence-electron chi connectivity index (χ3n) is 8.56. The Labute approximate surface area is 295 Å². The second-order valence-electron chi connectivity index (χ2n) is 13.3. The second kappa shape index (κ2) is 33.7. The molecule has 280 valence electrons. The first-order chi connectivity index (χ1) is 23.2. The van der Waals surface area contributed by atoms with Crippen molar-refractivity contribution >= 4 is 16.0 Å². The van der Waals surface area contributed by atoms with Crippen LogP contribution in [0, 0.1) is 0 Å². The molecule has 0 aromatic heterocycles. The van der Waals surface area contributed by atoms with E-state index in [1.807, 2.05) is 0 Å². The SMILES string of the molecule is CCCCCC/C=C/CC/C=C/CC/C=C/C(O)C(CS(=O)(=O)O)NC(=O)C(O)CCCCCC/C=C\CCCCCCCCCCC. The van der Waals surface area contributed by atoms with Gasteiger partial charge in [-0.15, -0.1) is 0 Å². The molecule has 0 aliphatic carbocycles. The van der Waals surface area contributed by atoms with Crippen LogP contribution in [0.5, 0.6) is 0 Å². The zero-order valence-electron chi connectivity index (χ0n) is 30.7. The van der Waals surface area contributed by atoms with Crippen molar-refractivity contribution in [1.29, 1.82) is 0 Å². The summed E-state index contributed by atoms with van der Waals surface area (Å²) in [5, 5.41) is 23.3. The first kappa shape index (κ1) is 46.3. The van der Waals surface area contributed by atoms with Crippen LogP contribution in [0.1, 0.15) is 174 Å². The van der Waals surface area contributed by atoms with E-state index >= 15 is 0 Å². The average molecular weight is 696 g/mol. The summed E-state index contributed by atoms with van der Waals surface area (Å²) in [5.41, 5.74) is 0. The van der Waals surface area contributed by atoms with Gasteiger partial charge >= 0.3 is 0 Å². The second-order valence-corrected chi connectivity index (χ2v) is 14.8. The summed E-state index contributed by atoms with van der Waals surface area (Å²) in [6.07, 6.45) is 41.6. The number of carbonyl (C=O) groups excluding carboxylic acids is 1. The first-order valence-electron chi connectivity index (χ1n) is 19.4. The quantitative estimate of drug-likeness (QED) is 0.0302. The predicted molar refractivity (Wildman–Crippen MR) is 204 cm³/mol. The Morgan fingerprint density at radius 1 is 0.562 bits per heavy atom. The third-order valence-corrected chi connectivity index (χ3v) is 9.34. The van der Waals surface area contributed by atoms with Gasteiger partial charge in [-0.3, -0.25) is 9.35 Å². The van der Waals surface area contributed by atoms with Crippen molar-refractivity contribution in [3.05, 3.63) is 48.6 Å². The molecule has 0 aliphatic heterocycles. The van der Waals surface area contributed by atoms with Gasteiger partial charge in [0.05, 0.1) is 17.9 Å². The Morgan fingerprint density at radius 2 is 0.938 bits per heavy atom. The Bertz CT molecular complexity index is 959. The number of nitrogens with one attached hydrogen (secondary N) is 1. The minimum absolute atomic E-state index is 0.256. The smallest absolute Gasteiger partial charge is 0.267 e. The maximum atomic E-state index is 12.6. The monoisotopic (exact) mass is 696 g/mol. The molecule has 0 spiro atoms. The number of allylic oxidation sites excluding steroid dienone is 7. The first-order valence-corrected chi connectivity index (χ1v) is 21.1. The van der Waals surface area contributed by atoms with Crippen LogP contribution < -0.4 is 5.32 Å². The molecule has 3 atom stereocenters. The number of unbranched alkanes of at least 4 members (excludes halogenated alkanes) is 19. The molecule has 4 N–H and O–H groups in total. The summed E-state index contributed by atoms with van der Waals surface area (Å²) < 4.78 is 32.4. The lowest BCUT2D eigenvalue weighted by atomic mass is 10.1. The maximum absolute atomic E-state index is 12.6. The van der Waals surface area contributed by atoms with Gasteiger partial charge < -0.3 is 15.5 Å². The fourth-order valence-corrected chi connectivity index (χ4v) is 6.27. The largest absolute Gasteiger partial charge is 0.387 e. The number of carbonyl (C=O) groups is 1. The molecule has 0 aromatic carbocycles. The van der Waals surface area contributed by atoms with E-state index in [9.17, 15) is 28.0 Å². The summed E-state index contributed by atoms with van der Waals surface area (Å²) in [4.78, 5) is 12.6. The van der Waals surface area contributed by atoms with Gasteiger partial charge in [0, 0.05) is 0 Å². The van der Waals surface area contributed by atoms with E-state index in [1.54, 1.807) is 6.08 Å². The van der Waals surface area contributed by atoms with Gasteiger partial charge in [-0.2, -0.15) is 8.42 Å². The van der Waals surface area contributed by atoms with E-state index in [4.69, 9.17) is 0 Å². The third kappa shape index (κ3) is 32.8. The normalized spacial score (nSPS) is 14.5. The van der Waals surface area contributed by atoms with Crippen molar-refractivity contribution in [2.24, 2.45) is 0 Å². The van der Waals surface area contributed by atoms with Crippen molar-refractivity contribution < 1.29 is 28.0 Å². The highest BCUT2D eigenvalue weighted by atomic mass is 32.2. The van der Waals surface area contributed by atoms with Crippen molar-refractivity contribution in [2.45, 2.75) is 193 Å². The summed E-state index contributed by atoms with van der Waals surface area (Å²) in [5.74, 6) is -1.58. The molecular formula is C40H73NO6S. The van der Waals surface area contributed by atoms with E-state index in [0.717, 1.165) is 57.8 Å². The fourth-order valence-electron chi connectivity index (χ4n) is 5.54. The molecule has 0 saturated carbocycles. The van der Waals surface area contributed by atoms with Gasteiger partial charge in [0.15, 0.2) is 0 Å². The van der Waals surface area contributed by atoms with Crippen molar-refractivity contribution in [2.75, 3.05) is 5.75 Å². The van der Waals surface area contributed by atoms with Gasteiger partial charge in [0.1, 0.15) is 6.10 Å². The summed E-state index contributed by atoms with van der Waals surface area (Å²) in [6, 6.07) is -1.26. The van der Waals surface area contributed by atoms with Crippen LogP contribution >= 0.6 is 0 Å². The number of hydrogen-bond acceptors (Lipinski definition) is 5. The highest BCUT2D eigenvalue weighted by molar-refractivity contribution is 7.85. The highest BCUT2D eigenvalue weighted by Crippen LogP contribution is 2.13. The van der Waals surface area contributed by atoms with E-state index in [0.29, 0.717) is 12.8 Å². The zero-order valence-corrected chi connectivity index (χ0v) is 31.5. The van der Waals surface area contributed by atoms with E-state index < -0.39 is 40.0 Å². The van der Waals surface area contributed by atoms with E-state index in [1.165, 1.54) is 89.5 Å². The lowest BCUT2D eigenvalue weighted by Crippen LogP contribution is -2.50. The standard InChI is InChI=1S/C40H73NO6S/c1-3-5-7-9-11-13-15-17-19-20-21-23-25-27-29-31-33-35-39(43)40(44)41-37(36-48(45,46)47)38(42)34-32-30-28-26-24-22-18-16-14-12-10-8-6-4-2/h14,16,21,23-24,26,32,34,37-39,42-43H,3-13,15,17-20,22,25,27-31,33,35-36H2,1-2H3,(H,41,44)(H,45,46,47)/b16-14+,23-21-,26-24+,34-32+. The van der Waals surface area contributed by atoms with Gasteiger partial charge in [0.2, 0.25) is 5.91 Å². The molecule has 0 saturated heterocycles. The summed E-state index contributed by atoms with van der Waals surface area (Å²) in [6.45, 7) is 4.47. The van der Waals surface area contributed by atoms with Crippen molar-refractivity contribution in [3.8, 4) is 0 Å². The number of amides is 1. The molecule has 0 radical (unpaired) electrons. The Hall–Kier alpha value is -1.74. The van der Waals surface area contributed by atoms with Gasteiger partial charge in [-0.1, -0.05) is 152 Å². The molecule has 0 aromatic rings. The molecule has 0 bridgehead atoms. The molecule has 48 heavy (non-hydrogen) atoms.